The molecule has 4 rings (SSSR count). The van der Waals surface area contributed by atoms with Crippen LogP contribution in [0.15, 0.2) is 23.8 Å². The van der Waals surface area contributed by atoms with Gasteiger partial charge in [-0.2, -0.15) is 0 Å². The molecular formula is C26H38O4. The highest BCUT2D eigenvalue weighted by Crippen LogP contribution is 2.72. The molecule has 4 nitrogen and oxygen atoms in total. The van der Waals surface area contributed by atoms with Crippen molar-refractivity contribution < 1.29 is 19.1 Å². The summed E-state index contributed by atoms with van der Waals surface area (Å²) in [5.74, 6) is 0.971. The largest absolute Gasteiger partial charge is 0.469 e. The summed E-state index contributed by atoms with van der Waals surface area (Å²) in [6.07, 6.45) is 10.1. The lowest BCUT2D eigenvalue weighted by molar-refractivity contribution is -0.196. The minimum atomic E-state index is -0.413. The summed E-state index contributed by atoms with van der Waals surface area (Å²) in [6, 6.07) is 0. The molecule has 0 aromatic carbocycles. The third-order valence-corrected chi connectivity index (χ3v) is 9.81. The van der Waals surface area contributed by atoms with Gasteiger partial charge in [0.25, 0.3) is 0 Å². The standard InChI is InChI=1S/C26H38O4/c1-7-16(2)22(27)30-21-17(3)18-9-10-20-24(4)12-8-13-25(5,23(28)29-6)19(24)11-14-26(20,21)15-18/h7,18-21H,3,8-15H2,1-2,4-6H3/t18-,19+,20+,21+,24-,25-,26-/m1/s1. The molecule has 30 heavy (non-hydrogen) atoms. The minimum Gasteiger partial charge on any atom is -0.469 e. The number of hydrogen-bond acceptors (Lipinski definition) is 4. The zero-order valence-electron chi connectivity index (χ0n) is 19.4. The van der Waals surface area contributed by atoms with E-state index in [4.69, 9.17) is 9.47 Å². The Morgan fingerprint density at radius 2 is 1.83 bits per heavy atom. The van der Waals surface area contributed by atoms with Gasteiger partial charge in [-0.1, -0.05) is 26.0 Å². The lowest BCUT2D eigenvalue weighted by Crippen LogP contribution is -2.60. The molecule has 0 heterocycles. The molecule has 1 spiro atoms. The summed E-state index contributed by atoms with van der Waals surface area (Å²) in [4.78, 5) is 25.6. The number of carbonyl (C=O) groups excluding carboxylic acids is 2. The van der Waals surface area contributed by atoms with E-state index < -0.39 is 5.41 Å². The first kappa shape index (κ1) is 21.6. The summed E-state index contributed by atoms with van der Waals surface area (Å²) in [5.41, 5.74) is 1.42. The molecule has 166 valence electrons. The molecule has 4 saturated carbocycles. The molecule has 4 aliphatic carbocycles. The van der Waals surface area contributed by atoms with Gasteiger partial charge in [0.2, 0.25) is 0 Å². The quantitative estimate of drug-likeness (QED) is 0.342. The molecule has 4 aliphatic rings. The van der Waals surface area contributed by atoms with Crippen molar-refractivity contribution in [3.05, 3.63) is 23.8 Å². The molecule has 0 N–H and O–H groups in total. The Morgan fingerprint density at radius 1 is 1.10 bits per heavy atom. The van der Waals surface area contributed by atoms with Crippen molar-refractivity contribution in [2.45, 2.75) is 85.2 Å². The van der Waals surface area contributed by atoms with Gasteiger partial charge in [0.1, 0.15) is 6.10 Å². The van der Waals surface area contributed by atoms with Gasteiger partial charge in [-0.25, -0.2) is 4.79 Å². The Bertz CT molecular complexity index is 797. The lowest BCUT2D eigenvalue weighted by atomic mass is 9.40. The first-order chi connectivity index (χ1) is 14.1. The van der Waals surface area contributed by atoms with Crippen molar-refractivity contribution in [2.24, 2.45) is 34.0 Å². The monoisotopic (exact) mass is 414 g/mol. The van der Waals surface area contributed by atoms with Gasteiger partial charge in [-0.15, -0.1) is 0 Å². The fraction of sp³-hybridized carbons (Fsp3) is 0.769. The van der Waals surface area contributed by atoms with Crippen LogP contribution in [0.5, 0.6) is 0 Å². The minimum absolute atomic E-state index is 0.0245. The topological polar surface area (TPSA) is 52.6 Å². The van der Waals surface area contributed by atoms with Gasteiger partial charge < -0.3 is 9.47 Å². The van der Waals surface area contributed by atoms with Crippen LogP contribution in [-0.4, -0.2) is 25.2 Å². The number of carbonyl (C=O) groups is 2. The maximum absolute atomic E-state index is 12.9. The van der Waals surface area contributed by atoms with Crippen LogP contribution in [0.4, 0.5) is 0 Å². The Balaban J connectivity index is 1.72. The fourth-order valence-corrected chi connectivity index (χ4v) is 8.32. The van der Waals surface area contributed by atoms with Crippen molar-refractivity contribution in [3.63, 3.8) is 0 Å². The fourth-order valence-electron chi connectivity index (χ4n) is 8.32. The van der Waals surface area contributed by atoms with Gasteiger partial charge in [0.05, 0.1) is 12.5 Å². The second kappa shape index (κ2) is 7.24. The summed E-state index contributed by atoms with van der Waals surface area (Å²) >= 11 is 0. The predicted octanol–water partition coefficient (Wildman–Crippen LogP) is 5.62. The summed E-state index contributed by atoms with van der Waals surface area (Å²) < 4.78 is 11.5. The molecule has 0 radical (unpaired) electrons. The second-order valence-electron chi connectivity index (χ2n) is 11.0. The second-order valence-corrected chi connectivity index (χ2v) is 11.0. The number of esters is 2. The Morgan fingerprint density at radius 3 is 2.50 bits per heavy atom. The Hall–Kier alpha value is -1.58. The number of rotatable bonds is 3. The molecule has 0 aromatic rings. The number of hydrogen-bond donors (Lipinski definition) is 0. The van der Waals surface area contributed by atoms with Crippen molar-refractivity contribution in [1.82, 2.24) is 0 Å². The van der Waals surface area contributed by atoms with Crippen molar-refractivity contribution in [2.75, 3.05) is 7.11 Å². The van der Waals surface area contributed by atoms with E-state index >= 15 is 0 Å². The first-order valence-corrected chi connectivity index (χ1v) is 11.7. The van der Waals surface area contributed by atoms with Crippen molar-refractivity contribution in [1.29, 1.82) is 0 Å². The number of methoxy groups -OCH3 is 1. The molecule has 0 saturated heterocycles. The van der Waals surface area contributed by atoms with E-state index in [-0.39, 0.29) is 28.9 Å². The zero-order valence-corrected chi connectivity index (χ0v) is 19.4. The lowest BCUT2D eigenvalue weighted by Gasteiger charge is -2.64. The maximum Gasteiger partial charge on any atom is 0.333 e. The van der Waals surface area contributed by atoms with Crippen LogP contribution in [0.1, 0.15) is 79.1 Å². The average molecular weight is 415 g/mol. The molecule has 0 aromatic heterocycles. The van der Waals surface area contributed by atoms with E-state index in [2.05, 4.69) is 20.4 Å². The van der Waals surface area contributed by atoms with Crippen LogP contribution in [0.2, 0.25) is 0 Å². The zero-order chi connectivity index (χ0) is 21.9. The van der Waals surface area contributed by atoms with Crippen LogP contribution in [0, 0.1) is 34.0 Å². The first-order valence-electron chi connectivity index (χ1n) is 11.7. The molecule has 2 bridgehead atoms. The summed E-state index contributed by atoms with van der Waals surface area (Å²) in [5, 5.41) is 0. The third-order valence-electron chi connectivity index (χ3n) is 9.81. The number of fused-ring (bicyclic) bond motifs is 3. The normalized spacial score (nSPS) is 45.4. The maximum atomic E-state index is 12.9. The van der Waals surface area contributed by atoms with Crippen LogP contribution in [0.25, 0.3) is 0 Å². The summed E-state index contributed by atoms with van der Waals surface area (Å²) in [6.45, 7) is 12.7. The van der Waals surface area contributed by atoms with Gasteiger partial charge in [0.15, 0.2) is 0 Å². The molecule has 0 amide bonds. The molecular weight excluding hydrogens is 376 g/mol. The van der Waals surface area contributed by atoms with Crippen LogP contribution < -0.4 is 0 Å². The molecule has 7 atom stereocenters. The smallest absolute Gasteiger partial charge is 0.333 e. The molecule has 4 heteroatoms. The molecule has 0 aliphatic heterocycles. The average Bonchev–Trinajstić information content (AvgIpc) is 2.92. The Kier molecular flexibility index (Phi) is 5.22. The van der Waals surface area contributed by atoms with E-state index in [0.29, 0.717) is 23.3 Å². The van der Waals surface area contributed by atoms with E-state index in [1.54, 1.807) is 0 Å². The highest BCUT2D eigenvalue weighted by Gasteiger charge is 2.68. The van der Waals surface area contributed by atoms with Crippen molar-refractivity contribution in [3.8, 4) is 0 Å². The predicted molar refractivity (Wildman–Crippen MR) is 117 cm³/mol. The van der Waals surface area contributed by atoms with Gasteiger partial charge in [-0.3, -0.25) is 4.79 Å². The SMILES string of the molecule is C=C1[C@@H]2CC[C@H]3[C@]4(C)CCC[C@@](C)(C(=O)OC)[C@H]4CC[C@]3(C2)[C@H]1OC(=O)C(C)=CC. The molecule has 4 fully saturated rings. The Labute approximate surface area is 181 Å². The van der Waals surface area contributed by atoms with Crippen LogP contribution in [0.3, 0.4) is 0 Å². The number of ether oxygens (including phenoxy) is 2. The van der Waals surface area contributed by atoms with Gasteiger partial charge >= 0.3 is 11.9 Å². The van der Waals surface area contributed by atoms with Gasteiger partial charge in [0, 0.05) is 11.0 Å². The summed E-state index contributed by atoms with van der Waals surface area (Å²) in [7, 11) is 1.52. The highest BCUT2D eigenvalue weighted by atomic mass is 16.5. The number of allylic oxidation sites excluding steroid dienone is 1. The van der Waals surface area contributed by atoms with Crippen molar-refractivity contribution >= 4 is 11.9 Å². The third kappa shape index (κ3) is 2.78. The van der Waals surface area contributed by atoms with Gasteiger partial charge in [-0.05, 0) is 94.5 Å². The van der Waals surface area contributed by atoms with E-state index in [0.717, 1.165) is 56.9 Å². The van der Waals surface area contributed by atoms with E-state index in [1.165, 1.54) is 7.11 Å². The molecule has 0 unspecified atom stereocenters. The highest BCUT2D eigenvalue weighted by molar-refractivity contribution is 5.88. The van der Waals surface area contributed by atoms with Crippen LogP contribution in [-0.2, 0) is 19.1 Å². The van der Waals surface area contributed by atoms with E-state index in [1.807, 2.05) is 19.9 Å². The van der Waals surface area contributed by atoms with Crippen LogP contribution >= 0.6 is 0 Å². The van der Waals surface area contributed by atoms with E-state index in [9.17, 15) is 9.59 Å².